The molecule has 0 radical (unpaired) electrons. The fraction of sp³-hybridized carbons (Fsp3) is 0.429. The molecule has 12 heavy (non-hydrogen) atoms. The van der Waals surface area contributed by atoms with Gasteiger partial charge < -0.3 is 5.73 Å². The fourth-order valence-corrected chi connectivity index (χ4v) is 1.64. The summed E-state index contributed by atoms with van der Waals surface area (Å²) in [4.78, 5) is 10.5. The smallest absolute Gasteiger partial charge is 0.227 e. The zero-order chi connectivity index (χ0) is 9.14. The summed E-state index contributed by atoms with van der Waals surface area (Å²) < 4.78 is 1.74. The molecule has 0 unspecified atom stereocenters. The van der Waals surface area contributed by atoms with Crippen LogP contribution in [-0.4, -0.2) is 21.4 Å². The normalized spacial score (nSPS) is 10.2. The average Bonchev–Trinajstić information content (AvgIpc) is 2.26. The number of nitrogens with zero attached hydrogens (tertiary/aromatic N) is 2. The van der Waals surface area contributed by atoms with Crippen LogP contribution in [0.25, 0.3) is 0 Å². The Hall–Kier alpha value is -0.970. The van der Waals surface area contributed by atoms with E-state index in [1.54, 1.807) is 4.68 Å². The predicted molar refractivity (Wildman–Crippen MR) is 47.9 cm³/mol. The van der Waals surface area contributed by atoms with Crippen molar-refractivity contribution < 1.29 is 4.79 Å². The van der Waals surface area contributed by atoms with Gasteiger partial charge in [0, 0.05) is 7.05 Å². The summed E-state index contributed by atoms with van der Waals surface area (Å²) in [5.74, 6) is -0.00208. The average molecular weight is 185 g/mol. The van der Waals surface area contributed by atoms with Gasteiger partial charge in [-0.3, -0.25) is 9.48 Å². The molecule has 4 nitrogen and oxygen atoms in total. The van der Waals surface area contributed by atoms with Gasteiger partial charge in [0.05, 0.1) is 16.5 Å². The van der Waals surface area contributed by atoms with Crippen LogP contribution < -0.4 is 5.73 Å². The lowest BCUT2D eigenvalue weighted by Gasteiger charge is -1.97. The number of carbonyl (C=O) groups excluding carboxylic acids is 1. The highest BCUT2D eigenvalue weighted by Crippen LogP contribution is 2.17. The monoisotopic (exact) mass is 185 g/mol. The Bertz CT molecular complexity index is 295. The van der Waals surface area contributed by atoms with Crippen molar-refractivity contribution in [3.63, 3.8) is 0 Å². The quantitative estimate of drug-likeness (QED) is 0.689. The SMILES string of the molecule is Cc1cc(SCC(N)=O)n(C)n1. The third kappa shape index (κ3) is 2.27. The molecule has 0 aliphatic carbocycles. The first kappa shape index (κ1) is 9.12. The number of rotatable bonds is 3. The lowest BCUT2D eigenvalue weighted by molar-refractivity contribution is -0.115. The van der Waals surface area contributed by atoms with Gasteiger partial charge in [0.2, 0.25) is 5.91 Å². The molecule has 0 saturated carbocycles. The molecule has 1 aromatic heterocycles. The minimum atomic E-state index is -0.307. The molecule has 66 valence electrons. The van der Waals surface area contributed by atoms with Gasteiger partial charge in [-0.15, -0.1) is 0 Å². The molecule has 0 aliphatic heterocycles. The molecule has 1 heterocycles. The summed E-state index contributed by atoms with van der Waals surface area (Å²) >= 11 is 1.40. The molecular weight excluding hydrogens is 174 g/mol. The molecule has 0 fully saturated rings. The van der Waals surface area contributed by atoms with Crippen LogP contribution in [0.5, 0.6) is 0 Å². The third-order valence-electron chi connectivity index (χ3n) is 1.32. The Balaban J connectivity index is 2.62. The van der Waals surface area contributed by atoms with E-state index in [-0.39, 0.29) is 5.91 Å². The van der Waals surface area contributed by atoms with Crippen LogP contribution in [0.2, 0.25) is 0 Å². The van der Waals surface area contributed by atoms with Gasteiger partial charge in [-0.25, -0.2) is 0 Å². The van der Waals surface area contributed by atoms with Crippen molar-refractivity contribution in [2.24, 2.45) is 12.8 Å². The highest BCUT2D eigenvalue weighted by molar-refractivity contribution is 7.99. The third-order valence-corrected chi connectivity index (χ3v) is 2.43. The molecule has 0 aromatic carbocycles. The minimum absolute atomic E-state index is 0.305. The van der Waals surface area contributed by atoms with E-state index in [1.807, 2.05) is 20.0 Å². The number of aromatic nitrogens is 2. The molecule has 0 bridgehead atoms. The van der Waals surface area contributed by atoms with E-state index in [0.29, 0.717) is 5.75 Å². The Kier molecular flexibility index (Phi) is 2.75. The molecule has 5 heteroatoms. The summed E-state index contributed by atoms with van der Waals surface area (Å²) in [5, 5.41) is 5.10. The maximum atomic E-state index is 10.5. The van der Waals surface area contributed by atoms with Crippen molar-refractivity contribution >= 4 is 17.7 Å². The van der Waals surface area contributed by atoms with E-state index in [1.165, 1.54) is 11.8 Å². The standard InChI is InChI=1S/C7H11N3OS/c1-5-3-7(10(2)9-5)12-4-6(8)11/h3H,4H2,1-2H3,(H2,8,11). The van der Waals surface area contributed by atoms with Gasteiger partial charge >= 0.3 is 0 Å². The number of hydrogen-bond donors (Lipinski definition) is 1. The summed E-state index contributed by atoms with van der Waals surface area (Å²) in [6.45, 7) is 1.91. The van der Waals surface area contributed by atoms with Gasteiger partial charge in [-0.1, -0.05) is 11.8 Å². The summed E-state index contributed by atoms with van der Waals surface area (Å²) in [7, 11) is 1.84. The van der Waals surface area contributed by atoms with E-state index in [0.717, 1.165) is 10.7 Å². The zero-order valence-corrected chi connectivity index (χ0v) is 7.89. The molecule has 0 aliphatic rings. The number of nitrogens with two attached hydrogens (primary N) is 1. The second-order valence-corrected chi connectivity index (χ2v) is 3.50. The maximum absolute atomic E-state index is 10.5. The first-order valence-corrected chi connectivity index (χ1v) is 4.50. The lowest BCUT2D eigenvalue weighted by Crippen LogP contribution is -2.13. The largest absolute Gasteiger partial charge is 0.369 e. The first-order chi connectivity index (χ1) is 5.59. The second-order valence-electron chi connectivity index (χ2n) is 2.50. The second kappa shape index (κ2) is 3.62. The van der Waals surface area contributed by atoms with Crippen LogP contribution in [-0.2, 0) is 11.8 Å². The van der Waals surface area contributed by atoms with Crippen LogP contribution in [0, 0.1) is 6.92 Å². The van der Waals surface area contributed by atoms with Gasteiger partial charge in [-0.2, -0.15) is 5.10 Å². The molecule has 1 amide bonds. The van der Waals surface area contributed by atoms with E-state index in [4.69, 9.17) is 5.73 Å². The number of hydrogen-bond acceptors (Lipinski definition) is 3. The van der Waals surface area contributed by atoms with Crippen LogP contribution in [0.4, 0.5) is 0 Å². The maximum Gasteiger partial charge on any atom is 0.227 e. The zero-order valence-electron chi connectivity index (χ0n) is 7.07. The number of carbonyl (C=O) groups is 1. The van der Waals surface area contributed by atoms with Gasteiger partial charge in [-0.05, 0) is 13.0 Å². The molecule has 1 rings (SSSR count). The summed E-state index contributed by atoms with van der Waals surface area (Å²) in [5.41, 5.74) is 5.96. The van der Waals surface area contributed by atoms with Crippen molar-refractivity contribution in [2.45, 2.75) is 11.9 Å². The van der Waals surface area contributed by atoms with E-state index < -0.39 is 0 Å². The number of thioether (sulfide) groups is 1. The van der Waals surface area contributed by atoms with Crippen molar-refractivity contribution in [1.82, 2.24) is 9.78 Å². The van der Waals surface area contributed by atoms with Crippen molar-refractivity contribution in [3.05, 3.63) is 11.8 Å². The van der Waals surface area contributed by atoms with E-state index in [9.17, 15) is 4.79 Å². The molecular formula is C7H11N3OS. The highest BCUT2D eigenvalue weighted by Gasteiger charge is 2.03. The topological polar surface area (TPSA) is 60.9 Å². The van der Waals surface area contributed by atoms with Crippen molar-refractivity contribution in [3.8, 4) is 0 Å². The minimum Gasteiger partial charge on any atom is -0.369 e. The van der Waals surface area contributed by atoms with Crippen molar-refractivity contribution in [2.75, 3.05) is 5.75 Å². The van der Waals surface area contributed by atoms with Crippen LogP contribution in [0.3, 0.4) is 0 Å². The molecule has 0 spiro atoms. The molecule has 0 atom stereocenters. The van der Waals surface area contributed by atoms with Crippen LogP contribution in [0.1, 0.15) is 5.69 Å². The Morgan fingerprint density at radius 2 is 2.50 bits per heavy atom. The van der Waals surface area contributed by atoms with Crippen LogP contribution >= 0.6 is 11.8 Å². The highest BCUT2D eigenvalue weighted by atomic mass is 32.2. The summed E-state index contributed by atoms with van der Waals surface area (Å²) in [6.07, 6.45) is 0. The van der Waals surface area contributed by atoms with Gasteiger partial charge in [0.1, 0.15) is 0 Å². The van der Waals surface area contributed by atoms with Crippen LogP contribution in [0.15, 0.2) is 11.1 Å². The Morgan fingerprint density at radius 1 is 1.83 bits per heavy atom. The lowest BCUT2D eigenvalue weighted by atomic mass is 10.5. The number of primary amides is 1. The van der Waals surface area contributed by atoms with E-state index >= 15 is 0 Å². The molecule has 0 saturated heterocycles. The Labute approximate surface area is 75.1 Å². The Morgan fingerprint density at radius 3 is 2.92 bits per heavy atom. The number of amides is 1. The van der Waals surface area contributed by atoms with Crippen molar-refractivity contribution in [1.29, 1.82) is 0 Å². The first-order valence-electron chi connectivity index (χ1n) is 3.51. The molecule has 1 aromatic rings. The van der Waals surface area contributed by atoms with Gasteiger partial charge in [0.25, 0.3) is 0 Å². The predicted octanol–water partition coefficient (Wildman–Crippen LogP) is 0.306. The van der Waals surface area contributed by atoms with Gasteiger partial charge in [0.15, 0.2) is 0 Å². The summed E-state index contributed by atoms with van der Waals surface area (Å²) in [6, 6.07) is 1.92. The fourth-order valence-electron chi connectivity index (χ4n) is 0.867. The molecule has 2 N–H and O–H groups in total. The number of aryl methyl sites for hydroxylation is 2. The van der Waals surface area contributed by atoms with E-state index in [2.05, 4.69) is 5.10 Å².